The average Bonchev–Trinajstić information content (AvgIpc) is 3.00. The average molecular weight is 400 g/mol. The third-order valence-corrected chi connectivity index (χ3v) is 4.78. The standard InChI is InChI=1S/C19H24N6O4/c1-4-8-23-17(28)13-7-6-12(16(27)21-11(3)5-2)9-14(13)25-18(23)22-24(19(25)29)10-15(20)26/h6-7,9,11H,4-5,8,10H2,1-3H3,(H2,20,26)(H,21,27). The Hall–Kier alpha value is -3.43. The van der Waals surface area contributed by atoms with Crippen LogP contribution in [-0.4, -0.2) is 36.6 Å². The molecule has 0 aliphatic rings. The predicted molar refractivity (Wildman–Crippen MR) is 108 cm³/mol. The van der Waals surface area contributed by atoms with Crippen molar-refractivity contribution in [3.05, 3.63) is 44.6 Å². The third-order valence-electron chi connectivity index (χ3n) is 4.78. The van der Waals surface area contributed by atoms with Crippen molar-refractivity contribution >= 4 is 28.5 Å². The predicted octanol–water partition coefficient (Wildman–Crippen LogP) is 0.235. The first kappa shape index (κ1) is 20.3. The lowest BCUT2D eigenvalue weighted by Gasteiger charge is -2.13. The summed E-state index contributed by atoms with van der Waals surface area (Å²) in [6.45, 7) is 5.68. The van der Waals surface area contributed by atoms with Gasteiger partial charge in [0.15, 0.2) is 0 Å². The van der Waals surface area contributed by atoms with Crippen LogP contribution in [0.2, 0.25) is 0 Å². The van der Waals surface area contributed by atoms with E-state index in [1.807, 2.05) is 20.8 Å². The summed E-state index contributed by atoms with van der Waals surface area (Å²) >= 11 is 0. The second kappa shape index (κ2) is 7.90. The number of primary amides is 1. The number of benzene rings is 1. The SMILES string of the molecule is CCCn1c(=O)c2ccc(C(=O)NC(C)CC)cc2n2c(=O)n(CC(N)=O)nc12. The number of nitrogens with zero attached hydrogens (tertiary/aromatic N) is 4. The van der Waals surface area contributed by atoms with Crippen LogP contribution in [0.5, 0.6) is 0 Å². The Morgan fingerprint density at radius 3 is 2.59 bits per heavy atom. The molecule has 3 N–H and O–H groups in total. The number of aromatic nitrogens is 4. The number of hydrogen-bond acceptors (Lipinski definition) is 5. The van der Waals surface area contributed by atoms with Gasteiger partial charge in [-0.3, -0.25) is 19.0 Å². The summed E-state index contributed by atoms with van der Waals surface area (Å²) < 4.78 is 3.56. The summed E-state index contributed by atoms with van der Waals surface area (Å²) in [5.41, 5.74) is 4.86. The number of nitrogens with one attached hydrogen (secondary N) is 1. The minimum atomic E-state index is -0.724. The molecule has 1 unspecified atom stereocenters. The summed E-state index contributed by atoms with van der Waals surface area (Å²) in [5.74, 6) is -0.919. The number of amides is 2. The van der Waals surface area contributed by atoms with Crippen LogP contribution >= 0.6 is 0 Å². The van der Waals surface area contributed by atoms with Gasteiger partial charge in [-0.05, 0) is 38.0 Å². The molecule has 0 bridgehead atoms. The summed E-state index contributed by atoms with van der Waals surface area (Å²) in [7, 11) is 0. The molecule has 154 valence electrons. The van der Waals surface area contributed by atoms with E-state index in [2.05, 4.69) is 10.4 Å². The summed E-state index contributed by atoms with van der Waals surface area (Å²) in [5, 5.41) is 7.29. The zero-order valence-corrected chi connectivity index (χ0v) is 16.6. The van der Waals surface area contributed by atoms with Gasteiger partial charge in [0.2, 0.25) is 11.7 Å². The molecule has 2 amide bonds. The van der Waals surface area contributed by atoms with E-state index in [4.69, 9.17) is 5.73 Å². The van der Waals surface area contributed by atoms with Gasteiger partial charge >= 0.3 is 5.69 Å². The summed E-state index contributed by atoms with van der Waals surface area (Å²) in [6.07, 6.45) is 1.41. The van der Waals surface area contributed by atoms with Crippen molar-refractivity contribution in [2.75, 3.05) is 0 Å². The molecule has 10 heteroatoms. The molecule has 0 saturated heterocycles. The molecule has 1 atom stereocenters. The molecule has 0 spiro atoms. The van der Waals surface area contributed by atoms with Gasteiger partial charge in [0.05, 0.1) is 10.9 Å². The minimum Gasteiger partial charge on any atom is -0.368 e. The first-order valence-corrected chi connectivity index (χ1v) is 9.53. The Balaban J connectivity index is 2.33. The van der Waals surface area contributed by atoms with E-state index < -0.39 is 18.1 Å². The smallest absolute Gasteiger partial charge is 0.352 e. The molecule has 0 aliphatic carbocycles. The quantitative estimate of drug-likeness (QED) is 0.586. The van der Waals surface area contributed by atoms with E-state index >= 15 is 0 Å². The Morgan fingerprint density at radius 1 is 1.24 bits per heavy atom. The number of carbonyl (C=O) groups is 2. The number of hydrogen-bond donors (Lipinski definition) is 2. The molecular formula is C19H24N6O4. The van der Waals surface area contributed by atoms with Crippen molar-refractivity contribution in [3.63, 3.8) is 0 Å². The van der Waals surface area contributed by atoms with Crippen molar-refractivity contribution in [1.29, 1.82) is 0 Å². The van der Waals surface area contributed by atoms with Gasteiger partial charge in [-0.2, -0.15) is 0 Å². The first-order valence-electron chi connectivity index (χ1n) is 9.53. The first-order chi connectivity index (χ1) is 13.8. The maximum absolute atomic E-state index is 13.0. The number of aryl methyl sites for hydroxylation is 1. The van der Waals surface area contributed by atoms with E-state index in [0.717, 1.165) is 11.1 Å². The summed E-state index contributed by atoms with van der Waals surface area (Å²) in [4.78, 5) is 49.7. The largest absolute Gasteiger partial charge is 0.368 e. The summed E-state index contributed by atoms with van der Waals surface area (Å²) in [6, 6.07) is 4.57. The normalized spacial score (nSPS) is 12.4. The lowest BCUT2D eigenvalue weighted by molar-refractivity contribution is -0.118. The number of fused-ring (bicyclic) bond motifs is 3. The van der Waals surface area contributed by atoms with E-state index in [0.29, 0.717) is 18.5 Å². The van der Waals surface area contributed by atoms with Crippen molar-refractivity contribution in [2.45, 2.75) is 52.7 Å². The van der Waals surface area contributed by atoms with E-state index in [9.17, 15) is 19.2 Å². The van der Waals surface area contributed by atoms with Crippen LogP contribution in [0.3, 0.4) is 0 Å². The maximum atomic E-state index is 13.0. The van der Waals surface area contributed by atoms with Crippen LogP contribution in [0.4, 0.5) is 0 Å². The highest BCUT2D eigenvalue weighted by molar-refractivity contribution is 5.98. The highest BCUT2D eigenvalue weighted by Gasteiger charge is 2.19. The van der Waals surface area contributed by atoms with Gasteiger partial charge < -0.3 is 11.1 Å². The molecule has 2 aromatic heterocycles. The monoisotopic (exact) mass is 400 g/mol. The molecular weight excluding hydrogens is 376 g/mol. The molecule has 29 heavy (non-hydrogen) atoms. The Bertz CT molecular complexity index is 1220. The van der Waals surface area contributed by atoms with Crippen LogP contribution in [0, 0.1) is 0 Å². The van der Waals surface area contributed by atoms with Gasteiger partial charge in [0.25, 0.3) is 11.5 Å². The van der Waals surface area contributed by atoms with Gasteiger partial charge in [-0.25, -0.2) is 13.9 Å². The topological polar surface area (TPSA) is 133 Å². The Morgan fingerprint density at radius 2 is 1.97 bits per heavy atom. The van der Waals surface area contributed by atoms with E-state index in [1.165, 1.54) is 21.1 Å². The van der Waals surface area contributed by atoms with Crippen LogP contribution < -0.4 is 22.3 Å². The molecule has 1 aromatic carbocycles. The Kier molecular flexibility index (Phi) is 5.53. The molecule has 0 fully saturated rings. The molecule has 0 saturated carbocycles. The van der Waals surface area contributed by atoms with Crippen molar-refractivity contribution < 1.29 is 9.59 Å². The molecule has 2 heterocycles. The van der Waals surface area contributed by atoms with Crippen LogP contribution in [0.15, 0.2) is 27.8 Å². The number of nitrogens with two attached hydrogens (primary N) is 1. The molecule has 10 nitrogen and oxygen atoms in total. The fourth-order valence-electron chi connectivity index (χ4n) is 3.14. The number of carbonyl (C=O) groups excluding carboxylic acids is 2. The van der Waals surface area contributed by atoms with Crippen LogP contribution in [-0.2, 0) is 17.9 Å². The van der Waals surface area contributed by atoms with Gasteiger partial charge in [-0.1, -0.05) is 13.8 Å². The minimum absolute atomic E-state index is 0.0168. The van der Waals surface area contributed by atoms with Crippen LogP contribution in [0.25, 0.3) is 16.7 Å². The lowest BCUT2D eigenvalue weighted by Crippen LogP contribution is -2.32. The van der Waals surface area contributed by atoms with Gasteiger partial charge in [0, 0.05) is 18.2 Å². The van der Waals surface area contributed by atoms with E-state index in [1.54, 1.807) is 6.07 Å². The maximum Gasteiger partial charge on any atom is 0.352 e. The molecule has 3 aromatic rings. The van der Waals surface area contributed by atoms with Crippen molar-refractivity contribution in [1.82, 2.24) is 24.1 Å². The zero-order valence-electron chi connectivity index (χ0n) is 16.6. The zero-order chi connectivity index (χ0) is 21.3. The highest BCUT2D eigenvalue weighted by Crippen LogP contribution is 2.15. The Labute approximate surface area is 165 Å². The molecule has 0 radical (unpaired) electrons. The van der Waals surface area contributed by atoms with E-state index in [-0.39, 0.29) is 34.2 Å². The fourth-order valence-corrected chi connectivity index (χ4v) is 3.14. The second-order valence-corrected chi connectivity index (χ2v) is 7.01. The van der Waals surface area contributed by atoms with Gasteiger partial charge in [-0.15, -0.1) is 5.10 Å². The molecule has 3 rings (SSSR count). The van der Waals surface area contributed by atoms with Crippen LogP contribution in [0.1, 0.15) is 44.0 Å². The second-order valence-electron chi connectivity index (χ2n) is 7.01. The van der Waals surface area contributed by atoms with Gasteiger partial charge in [0.1, 0.15) is 6.54 Å². The number of rotatable bonds is 7. The lowest BCUT2D eigenvalue weighted by atomic mass is 10.1. The molecule has 0 aliphatic heterocycles. The third kappa shape index (κ3) is 3.65. The highest BCUT2D eigenvalue weighted by atomic mass is 16.2. The fraction of sp³-hybridized carbons (Fsp3) is 0.421. The van der Waals surface area contributed by atoms with Crippen molar-refractivity contribution in [2.24, 2.45) is 5.73 Å². The van der Waals surface area contributed by atoms with Crippen molar-refractivity contribution in [3.8, 4) is 0 Å².